The molecule has 2 aromatic rings. The summed E-state index contributed by atoms with van der Waals surface area (Å²) in [7, 11) is 0. The lowest BCUT2D eigenvalue weighted by Crippen LogP contribution is -2.41. The van der Waals surface area contributed by atoms with Crippen LogP contribution in [0.15, 0.2) is 48.5 Å². The Balaban J connectivity index is 1.37. The largest absolute Gasteiger partial charge is 0.489 e. The minimum Gasteiger partial charge on any atom is -0.489 e. The van der Waals surface area contributed by atoms with E-state index >= 15 is 0 Å². The summed E-state index contributed by atoms with van der Waals surface area (Å²) in [5, 5.41) is 13.7. The number of benzene rings is 2. The first-order chi connectivity index (χ1) is 11.7. The summed E-state index contributed by atoms with van der Waals surface area (Å²) in [6, 6.07) is 14.8. The molecule has 0 unspecified atom stereocenters. The molecule has 0 aliphatic carbocycles. The number of ether oxygens (including phenoxy) is 3. The molecular weight excluding hydrogens is 330 g/mol. The third kappa shape index (κ3) is 4.54. The van der Waals surface area contributed by atoms with Crippen LogP contribution in [-0.4, -0.2) is 43.6 Å². The first kappa shape index (κ1) is 16.9. The predicted molar refractivity (Wildman–Crippen MR) is 92.2 cm³/mol. The van der Waals surface area contributed by atoms with Crippen molar-refractivity contribution in [1.82, 2.24) is 5.32 Å². The second-order valence-electron chi connectivity index (χ2n) is 5.55. The fraction of sp³-hybridized carbons (Fsp3) is 0.333. The Morgan fingerprint density at radius 3 is 2.75 bits per heavy atom. The normalized spacial score (nSPS) is 17.3. The van der Waals surface area contributed by atoms with E-state index in [0.29, 0.717) is 30.5 Å². The quantitative estimate of drug-likeness (QED) is 0.804. The van der Waals surface area contributed by atoms with E-state index in [-0.39, 0.29) is 12.7 Å². The van der Waals surface area contributed by atoms with Gasteiger partial charge in [0.2, 0.25) is 0 Å². The highest BCUT2D eigenvalue weighted by Crippen LogP contribution is 2.30. The number of halogens is 1. The molecule has 1 aliphatic rings. The second-order valence-corrected chi connectivity index (χ2v) is 5.96. The highest BCUT2D eigenvalue weighted by molar-refractivity contribution is 6.32. The van der Waals surface area contributed by atoms with Gasteiger partial charge >= 0.3 is 0 Å². The van der Waals surface area contributed by atoms with Crippen LogP contribution in [0.3, 0.4) is 0 Å². The average molecular weight is 350 g/mol. The number of fused-ring (bicyclic) bond motifs is 1. The number of para-hydroxylation sites is 3. The molecule has 0 aromatic heterocycles. The second kappa shape index (κ2) is 8.24. The van der Waals surface area contributed by atoms with Crippen molar-refractivity contribution in [2.45, 2.75) is 12.2 Å². The zero-order valence-electron chi connectivity index (χ0n) is 13.2. The van der Waals surface area contributed by atoms with Gasteiger partial charge in [0.05, 0.1) is 5.02 Å². The van der Waals surface area contributed by atoms with Gasteiger partial charge in [-0.2, -0.15) is 0 Å². The number of nitrogens with one attached hydrogen (secondary N) is 1. The Kier molecular flexibility index (Phi) is 5.80. The van der Waals surface area contributed by atoms with E-state index in [4.69, 9.17) is 25.8 Å². The lowest BCUT2D eigenvalue weighted by atomic mass is 10.2. The SMILES string of the molecule is O[C@H](CNC[C@H]1COc2ccccc2O1)COc1ccccc1Cl. The zero-order valence-corrected chi connectivity index (χ0v) is 13.9. The molecule has 6 heteroatoms. The molecule has 3 rings (SSSR count). The van der Waals surface area contributed by atoms with Gasteiger partial charge in [0.15, 0.2) is 11.5 Å². The maximum Gasteiger partial charge on any atom is 0.161 e. The molecule has 0 fully saturated rings. The van der Waals surface area contributed by atoms with E-state index in [1.54, 1.807) is 12.1 Å². The van der Waals surface area contributed by atoms with E-state index < -0.39 is 6.10 Å². The summed E-state index contributed by atoms with van der Waals surface area (Å²) >= 11 is 6.00. The summed E-state index contributed by atoms with van der Waals surface area (Å²) in [5.74, 6) is 2.08. The van der Waals surface area contributed by atoms with Gasteiger partial charge in [0, 0.05) is 13.1 Å². The standard InChI is InChI=1S/C18H20ClNO4/c19-15-5-1-2-6-16(15)22-11-13(21)9-20-10-14-12-23-17-7-3-4-8-18(17)24-14/h1-8,13-14,20-21H,9-12H2/t13-,14+/m1/s1. The molecule has 0 bridgehead atoms. The van der Waals surface area contributed by atoms with Crippen LogP contribution in [0, 0.1) is 0 Å². The van der Waals surface area contributed by atoms with Crippen LogP contribution < -0.4 is 19.5 Å². The van der Waals surface area contributed by atoms with E-state index in [2.05, 4.69) is 5.32 Å². The van der Waals surface area contributed by atoms with Gasteiger partial charge in [-0.25, -0.2) is 0 Å². The van der Waals surface area contributed by atoms with Gasteiger partial charge in [-0.05, 0) is 24.3 Å². The topological polar surface area (TPSA) is 60.0 Å². The Labute approximate surface area is 146 Å². The first-order valence-electron chi connectivity index (χ1n) is 7.87. The number of rotatable bonds is 7. The van der Waals surface area contributed by atoms with Crippen molar-refractivity contribution < 1.29 is 19.3 Å². The molecule has 0 radical (unpaired) electrons. The van der Waals surface area contributed by atoms with E-state index in [0.717, 1.165) is 11.5 Å². The van der Waals surface area contributed by atoms with Crippen molar-refractivity contribution in [2.24, 2.45) is 0 Å². The zero-order chi connectivity index (χ0) is 16.8. The van der Waals surface area contributed by atoms with Crippen LogP contribution in [0.1, 0.15) is 0 Å². The maximum atomic E-state index is 9.99. The van der Waals surface area contributed by atoms with Gasteiger partial charge < -0.3 is 24.6 Å². The summed E-state index contributed by atoms with van der Waals surface area (Å²) < 4.78 is 17.0. The Morgan fingerprint density at radius 1 is 1.17 bits per heavy atom. The van der Waals surface area contributed by atoms with E-state index in [9.17, 15) is 5.11 Å². The minimum absolute atomic E-state index is 0.0865. The van der Waals surface area contributed by atoms with Gasteiger partial charge in [-0.1, -0.05) is 35.9 Å². The summed E-state index contributed by atoms with van der Waals surface area (Å²) in [6.45, 7) is 1.63. The van der Waals surface area contributed by atoms with Gasteiger partial charge in [0.25, 0.3) is 0 Å². The molecule has 2 aromatic carbocycles. The van der Waals surface area contributed by atoms with E-state index in [1.165, 1.54) is 0 Å². The van der Waals surface area contributed by atoms with Crippen LogP contribution >= 0.6 is 11.6 Å². The van der Waals surface area contributed by atoms with Crippen molar-refractivity contribution in [2.75, 3.05) is 26.3 Å². The fourth-order valence-electron chi connectivity index (χ4n) is 2.38. The maximum absolute atomic E-state index is 9.99. The van der Waals surface area contributed by atoms with Crippen LogP contribution in [-0.2, 0) is 0 Å². The van der Waals surface area contributed by atoms with Crippen molar-refractivity contribution in [3.05, 3.63) is 53.6 Å². The third-order valence-corrected chi connectivity index (χ3v) is 3.90. The van der Waals surface area contributed by atoms with Crippen LogP contribution in [0.4, 0.5) is 0 Å². The Bertz CT molecular complexity index is 667. The molecule has 2 atom stereocenters. The molecule has 24 heavy (non-hydrogen) atoms. The molecule has 5 nitrogen and oxygen atoms in total. The first-order valence-corrected chi connectivity index (χ1v) is 8.25. The lowest BCUT2D eigenvalue weighted by Gasteiger charge is -2.27. The molecule has 0 saturated carbocycles. The molecular formula is C18H20ClNO4. The Morgan fingerprint density at radius 2 is 1.92 bits per heavy atom. The number of hydrogen-bond donors (Lipinski definition) is 2. The summed E-state index contributed by atoms with van der Waals surface area (Å²) in [6.07, 6.45) is -0.727. The van der Waals surface area contributed by atoms with Gasteiger partial charge in [0.1, 0.15) is 31.2 Å². The monoisotopic (exact) mass is 349 g/mol. The molecule has 0 amide bonds. The van der Waals surface area contributed by atoms with Gasteiger partial charge in [-0.3, -0.25) is 0 Å². The summed E-state index contributed by atoms with van der Waals surface area (Å²) in [5.41, 5.74) is 0. The molecule has 128 valence electrons. The number of hydrogen-bond acceptors (Lipinski definition) is 5. The van der Waals surface area contributed by atoms with Crippen LogP contribution in [0.5, 0.6) is 17.2 Å². The third-order valence-electron chi connectivity index (χ3n) is 3.59. The van der Waals surface area contributed by atoms with Crippen molar-refractivity contribution in [3.8, 4) is 17.2 Å². The lowest BCUT2D eigenvalue weighted by molar-refractivity contribution is 0.0778. The highest BCUT2D eigenvalue weighted by Gasteiger charge is 2.20. The molecule has 2 N–H and O–H groups in total. The average Bonchev–Trinajstić information content (AvgIpc) is 2.61. The fourth-order valence-corrected chi connectivity index (χ4v) is 2.57. The molecule has 1 aliphatic heterocycles. The van der Waals surface area contributed by atoms with Crippen molar-refractivity contribution in [3.63, 3.8) is 0 Å². The highest BCUT2D eigenvalue weighted by atomic mass is 35.5. The number of aliphatic hydroxyl groups is 1. The predicted octanol–water partition coefficient (Wildman–Crippen LogP) is 2.51. The smallest absolute Gasteiger partial charge is 0.161 e. The Hall–Kier alpha value is -1.95. The number of aliphatic hydroxyl groups excluding tert-OH is 1. The van der Waals surface area contributed by atoms with Crippen LogP contribution in [0.2, 0.25) is 5.02 Å². The van der Waals surface area contributed by atoms with Crippen molar-refractivity contribution in [1.29, 1.82) is 0 Å². The summed E-state index contributed by atoms with van der Waals surface area (Å²) in [4.78, 5) is 0. The van der Waals surface area contributed by atoms with Crippen LogP contribution in [0.25, 0.3) is 0 Å². The van der Waals surface area contributed by atoms with Gasteiger partial charge in [-0.15, -0.1) is 0 Å². The minimum atomic E-state index is -0.641. The van der Waals surface area contributed by atoms with E-state index in [1.807, 2.05) is 36.4 Å². The molecule has 1 heterocycles. The molecule has 0 saturated heterocycles. The van der Waals surface area contributed by atoms with Crippen molar-refractivity contribution >= 4 is 11.6 Å². The molecule has 0 spiro atoms.